The third kappa shape index (κ3) is 2.73. The topological polar surface area (TPSA) is 38.9 Å². The SMILES string of the molecule is Nc1cc(C2=CCCCC2)cnc1C1=CCCCC1. The van der Waals surface area contributed by atoms with Crippen molar-refractivity contribution in [3.05, 3.63) is 35.7 Å². The van der Waals surface area contributed by atoms with E-state index in [1.807, 2.05) is 6.20 Å². The normalized spacial score (nSPS) is 19.8. The summed E-state index contributed by atoms with van der Waals surface area (Å²) >= 11 is 0. The molecule has 0 fully saturated rings. The standard InChI is InChI=1S/C17H22N2/c18-16-11-15(13-7-3-1-4-8-13)12-19-17(16)14-9-5-2-6-10-14/h7,9,11-12H,1-6,8,10,18H2. The number of nitrogens with two attached hydrogens (primary N) is 1. The Hall–Kier alpha value is -1.57. The lowest BCUT2D eigenvalue weighted by molar-refractivity contribution is 0.739. The van der Waals surface area contributed by atoms with Gasteiger partial charge in [0.15, 0.2) is 0 Å². The minimum absolute atomic E-state index is 0.845. The van der Waals surface area contributed by atoms with Gasteiger partial charge in [-0.1, -0.05) is 12.2 Å². The van der Waals surface area contributed by atoms with Gasteiger partial charge in [-0.05, 0) is 74.1 Å². The second kappa shape index (κ2) is 5.60. The first-order valence-corrected chi connectivity index (χ1v) is 7.49. The Morgan fingerprint density at radius 2 is 1.58 bits per heavy atom. The molecule has 0 aliphatic heterocycles. The fraction of sp³-hybridized carbons (Fsp3) is 0.471. The van der Waals surface area contributed by atoms with E-state index in [9.17, 15) is 0 Å². The lowest BCUT2D eigenvalue weighted by atomic mass is 9.92. The van der Waals surface area contributed by atoms with Crippen LogP contribution in [0.4, 0.5) is 5.69 Å². The summed E-state index contributed by atoms with van der Waals surface area (Å²) in [6.07, 6.45) is 16.5. The summed E-state index contributed by atoms with van der Waals surface area (Å²) in [6.45, 7) is 0. The second-order valence-corrected chi connectivity index (χ2v) is 5.61. The van der Waals surface area contributed by atoms with Crippen LogP contribution in [-0.4, -0.2) is 4.98 Å². The van der Waals surface area contributed by atoms with Gasteiger partial charge >= 0.3 is 0 Å². The van der Waals surface area contributed by atoms with Gasteiger partial charge in [0, 0.05) is 6.20 Å². The average molecular weight is 254 g/mol. The Bertz CT molecular complexity index is 526. The average Bonchev–Trinajstić information content (AvgIpc) is 2.49. The van der Waals surface area contributed by atoms with Crippen LogP contribution in [0.25, 0.3) is 11.1 Å². The summed E-state index contributed by atoms with van der Waals surface area (Å²) in [4.78, 5) is 4.64. The number of rotatable bonds is 2. The van der Waals surface area contributed by atoms with Crippen LogP contribution in [0, 0.1) is 0 Å². The lowest BCUT2D eigenvalue weighted by Gasteiger charge is -2.17. The van der Waals surface area contributed by atoms with Crippen LogP contribution < -0.4 is 5.73 Å². The Kier molecular flexibility index (Phi) is 3.67. The predicted octanol–water partition coefficient (Wildman–Crippen LogP) is 4.58. The molecule has 0 atom stereocenters. The third-order valence-electron chi connectivity index (χ3n) is 4.17. The molecule has 3 rings (SSSR count). The van der Waals surface area contributed by atoms with Crippen molar-refractivity contribution in [1.82, 2.24) is 4.98 Å². The molecule has 1 aromatic heterocycles. The number of hydrogen-bond donors (Lipinski definition) is 1. The van der Waals surface area contributed by atoms with E-state index in [1.165, 1.54) is 61.7 Å². The van der Waals surface area contributed by atoms with Crippen molar-refractivity contribution in [3.63, 3.8) is 0 Å². The number of nitrogen functional groups attached to an aromatic ring is 1. The first kappa shape index (κ1) is 12.5. The summed E-state index contributed by atoms with van der Waals surface area (Å²) in [5.41, 5.74) is 12.1. The van der Waals surface area contributed by atoms with Crippen LogP contribution in [0.1, 0.15) is 62.6 Å². The molecule has 1 aromatic rings. The highest BCUT2D eigenvalue weighted by atomic mass is 14.7. The van der Waals surface area contributed by atoms with Gasteiger partial charge in [0.1, 0.15) is 0 Å². The molecule has 0 saturated heterocycles. The number of aromatic nitrogens is 1. The fourth-order valence-electron chi connectivity index (χ4n) is 3.08. The highest BCUT2D eigenvalue weighted by Crippen LogP contribution is 2.32. The van der Waals surface area contributed by atoms with E-state index in [2.05, 4.69) is 23.2 Å². The zero-order valence-corrected chi connectivity index (χ0v) is 11.5. The number of nitrogens with zero attached hydrogens (tertiary/aromatic N) is 1. The zero-order valence-electron chi connectivity index (χ0n) is 11.5. The van der Waals surface area contributed by atoms with Gasteiger partial charge in [-0.15, -0.1) is 0 Å². The Balaban J connectivity index is 1.89. The summed E-state index contributed by atoms with van der Waals surface area (Å²) in [7, 11) is 0. The number of pyridine rings is 1. The molecule has 100 valence electrons. The van der Waals surface area contributed by atoms with Crippen molar-refractivity contribution in [3.8, 4) is 0 Å². The molecule has 2 aliphatic carbocycles. The predicted molar refractivity (Wildman–Crippen MR) is 81.5 cm³/mol. The lowest BCUT2D eigenvalue weighted by Crippen LogP contribution is -2.02. The maximum absolute atomic E-state index is 6.23. The van der Waals surface area contributed by atoms with E-state index in [-0.39, 0.29) is 0 Å². The van der Waals surface area contributed by atoms with Crippen molar-refractivity contribution in [2.24, 2.45) is 0 Å². The number of anilines is 1. The van der Waals surface area contributed by atoms with E-state index >= 15 is 0 Å². The van der Waals surface area contributed by atoms with Crippen LogP contribution >= 0.6 is 0 Å². The molecule has 2 nitrogen and oxygen atoms in total. The smallest absolute Gasteiger partial charge is 0.0888 e. The molecule has 2 N–H and O–H groups in total. The highest BCUT2D eigenvalue weighted by Gasteiger charge is 2.13. The molecule has 1 heterocycles. The van der Waals surface area contributed by atoms with Crippen molar-refractivity contribution in [2.45, 2.75) is 51.4 Å². The molecule has 0 saturated carbocycles. The molecule has 0 unspecified atom stereocenters. The molecule has 0 bridgehead atoms. The summed E-state index contributed by atoms with van der Waals surface area (Å²) < 4.78 is 0. The molecule has 0 spiro atoms. The quantitative estimate of drug-likeness (QED) is 0.839. The van der Waals surface area contributed by atoms with Gasteiger partial charge in [0.2, 0.25) is 0 Å². The van der Waals surface area contributed by atoms with Gasteiger partial charge in [0.25, 0.3) is 0 Å². The summed E-state index contributed by atoms with van der Waals surface area (Å²) in [5.74, 6) is 0. The monoisotopic (exact) mass is 254 g/mol. The second-order valence-electron chi connectivity index (χ2n) is 5.61. The molecular weight excluding hydrogens is 232 g/mol. The van der Waals surface area contributed by atoms with Gasteiger partial charge in [-0.2, -0.15) is 0 Å². The molecule has 0 aromatic carbocycles. The largest absolute Gasteiger partial charge is 0.397 e. The molecule has 19 heavy (non-hydrogen) atoms. The molecule has 0 radical (unpaired) electrons. The van der Waals surface area contributed by atoms with Crippen LogP contribution in [-0.2, 0) is 0 Å². The van der Waals surface area contributed by atoms with E-state index in [1.54, 1.807) is 0 Å². The van der Waals surface area contributed by atoms with E-state index in [0.29, 0.717) is 0 Å². The highest BCUT2D eigenvalue weighted by molar-refractivity contribution is 5.76. The fourth-order valence-corrected chi connectivity index (χ4v) is 3.08. The molecule has 2 heteroatoms. The van der Waals surface area contributed by atoms with Gasteiger partial charge in [-0.25, -0.2) is 0 Å². The molecule has 0 amide bonds. The Morgan fingerprint density at radius 1 is 0.895 bits per heavy atom. The van der Waals surface area contributed by atoms with Crippen LogP contribution in [0.5, 0.6) is 0 Å². The summed E-state index contributed by atoms with van der Waals surface area (Å²) in [5, 5.41) is 0. The first-order valence-electron chi connectivity index (χ1n) is 7.49. The maximum Gasteiger partial charge on any atom is 0.0888 e. The number of hydrogen-bond acceptors (Lipinski definition) is 2. The first-order chi connectivity index (χ1) is 9.34. The van der Waals surface area contributed by atoms with Crippen molar-refractivity contribution in [2.75, 3.05) is 5.73 Å². The Labute approximate surface area is 115 Å². The number of allylic oxidation sites excluding steroid dienone is 4. The van der Waals surface area contributed by atoms with Crippen LogP contribution in [0.3, 0.4) is 0 Å². The molecule has 2 aliphatic rings. The van der Waals surface area contributed by atoms with Gasteiger partial charge in [0.05, 0.1) is 11.4 Å². The minimum Gasteiger partial charge on any atom is -0.397 e. The van der Waals surface area contributed by atoms with Crippen molar-refractivity contribution >= 4 is 16.8 Å². The van der Waals surface area contributed by atoms with Crippen molar-refractivity contribution in [1.29, 1.82) is 0 Å². The Morgan fingerprint density at radius 3 is 2.16 bits per heavy atom. The van der Waals surface area contributed by atoms with Crippen molar-refractivity contribution < 1.29 is 0 Å². The van der Waals surface area contributed by atoms with E-state index in [0.717, 1.165) is 17.8 Å². The zero-order chi connectivity index (χ0) is 13.1. The van der Waals surface area contributed by atoms with Gasteiger partial charge in [-0.3, -0.25) is 4.98 Å². The summed E-state index contributed by atoms with van der Waals surface area (Å²) in [6, 6.07) is 2.12. The van der Waals surface area contributed by atoms with Crippen LogP contribution in [0.15, 0.2) is 24.4 Å². The maximum atomic E-state index is 6.23. The van der Waals surface area contributed by atoms with E-state index in [4.69, 9.17) is 5.73 Å². The van der Waals surface area contributed by atoms with E-state index < -0.39 is 0 Å². The third-order valence-corrected chi connectivity index (χ3v) is 4.17. The molecular formula is C17H22N2. The minimum atomic E-state index is 0.845. The van der Waals surface area contributed by atoms with Gasteiger partial charge < -0.3 is 5.73 Å². The van der Waals surface area contributed by atoms with Crippen LogP contribution in [0.2, 0.25) is 0 Å².